The molecule has 1 amide bonds. The second-order valence-corrected chi connectivity index (χ2v) is 5.10. The number of rotatable bonds is 1. The highest BCUT2D eigenvalue weighted by molar-refractivity contribution is 6.06. The van der Waals surface area contributed by atoms with Gasteiger partial charge in [0, 0.05) is 24.7 Å². The number of benzene rings is 1. The van der Waals surface area contributed by atoms with E-state index in [2.05, 4.69) is 11.1 Å². The highest BCUT2D eigenvalue weighted by Gasteiger charge is 2.25. The molecular formula is C16H15N3O. The van der Waals surface area contributed by atoms with Gasteiger partial charge in [0.2, 0.25) is 0 Å². The van der Waals surface area contributed by atoms with Crippen LogP contribution in [0.1, 0.15) is 23.2 Å². The predicted octanol–water partition coefficient (Wildman–Crippen LogP) is 2.61. The predicted molar refractivity (Wildman–Crippen MR) is 76.0 cm³/mol. The van der Waals surface area contributed by atoms with E-state index in [1.54, 1.807) is 17.2 Å². The Bertz CT molecular complexity index is 684. The van der Waals surface area contributed by atoms with E-state index in [1.807, 2.05) is 24.3 Å². The number of piperidine rings is 1. The molecule has 1 unspecified atom stereocenters. The molecule has 100 valence electrons. The van der Waals surface area contributed by atoms with E-state index < -0.39 is 0 Å². The first-order valence-electron chi connectivity index (χ1n) is 6.82. The van der Waals surface area contributed by atoms with Gasteiger partial charge in [-0.2, -0.15) is 5.26 Å². The molecule has 20 heavy (non-hydrogen) atoms. The monoisotopic (exact) mass is 265 g/mol. The van der Waals surface area contributed by atoms with Gasteiger partial charge in [-0.05, 0) is 25.0 Å². The van der Waals surface area contributed by atoms with Crippen LogP contribution in [0, 0.1) is 17.2 Å². The van der Waals surface area contributed by atoms with Gasteiger partial charge in [0.05, 0.1) is 23.1 Å². The molecule has 1 aliphatic rings. The van der Waals surface area contributed by atoms with Gasteiger partial charge in [-0.3, -0.25) is 9.78 Å². The van der Waals surface area contributed by atoms with Crippen LogP contribution < -0.4 is 0 Å². The fourth-order valence-electron chi connectivity index (χ4n) is 2.72. The summed E-state index contributed by atoms with van der Waals surface area (Å²) in [6.45, 7) is 1.26. The standard InChI is InChI=1S/C16H15N3O/c17-10-12-4-3-9-19(11-12)16(20)14-7-8-18-15-6-2-1-5-13(14)15/h1-2,5-8,12H,3-4,9,11H2. The highest BCUT2D eigenvalue weighted by Crippen LogP contribution is 2.22. The molecule has 0 radical (unpaired) electrons. The summed E-state index contributed by atoms with van der Waals surface area (Å²) in [5, 5.41) is 9.91. The van der Waals surface area contributed by atoms with Crippen LogP contribution in [0.25, 0.3) is 10.9 Å². The number of pyridine rings is 1. The van der Waals surface area contributed by atoms with Crippen molar-refractivity contribution in [3.05, 3.63) is 42.1 Å². The summed E-state index contributed by atoms with van der Waals surface area (Å²) in [6, 6.07) is 11.7. The molecule has 1 aromatic heterocycles. The van der Waals surface area contributed by atoms with Crippen molar-refractivity contribution in [3.63, 3.8) is 0 Å². The summed E-state index contributed by atoms with van der Waals surface area (Å²) in [5.74, 6) is -0.0376. The Kier molecular flexibility index (Phi) is 3.34. The molecule has 0 aliphatic carbocycles. The number of nitrogens with zero attached hydrogens (tertiary/aromatic N) is 3. The molecule has 1 atom stereocenters. The third kappa shape index (κ3) is 2.23. The van der Waals surface area contributed by atoms with Gasteiger partial charge in [0.15, 0.2) is 0 Å². The minimum Gasteiger partial charge on any atom is -0.337 e. The smallest absolute Gasteiger partial charge is 0.254 e. The average molecular weight is 265 g/mol. The van der Waals surface area contributed by atoms with Crippen molar-refractivity contribution in [1.29, 1.82) is 5.26 Å². The van der Waals surface area contributed by atoms with Crippen molar-refractivity contribution >= 4 is 16.8 Å². The lowest BCUT2D eigenvalue weighted by Crippen LogP contribution is -2.39. The van der Waals surface area contributed by atoms with Crippen molar-refractivity contribution in [2.24, 2.45) is 5.92 Å². The van der Waals surface area contributed by atoms with E-state index in [0.29, 0.717) is 12.1 Å². The molecule has 2 aromatic rings. The molecule has 4 nitrogen and oxygen atoms in total. The Balaban J connectivity index is 1.95. The van der Waals surface area contributed by atoms with Crippen molar-refractivity contribution in [3.8, 4) is 6.07 Å². The highest BCUT2D eigenvalue weighted by atomic mass is 16.2. The first-order valence-corrected chi connectivity index (χ1v) is 6.82. The lowest BCUT2D eigenvalue weighted by Gasteiger charge is -2.29. The molecule has 0 saturated carbocycles. The van der Waals surface area contributed by atoms with Gasteiger partial charge >= 0.3 is 0 Å². The Morgan fingerprint density at radius 3 is 3.05 bits per heavy atom. The van der Waals surface area contributed by atoms with Gasteiger partial charge in [0.25, 0.3) is 5.91 Å². The van der Waals surface area contributed by atoms with E-state index in [9.17, 15) is 4.79 Å². The van der Waals surface area contributed by atoms with Crippen molar-refractivity contribution in [2.45, 2.75) is 12.8 Å². The van der Waals surface area contributed by atoms with Gasteiger partial charge in [-0.15, -0.1) is 0 Å². The molecule has 1 aliphatic heterocycles. The van der Waals surface area contributed by atoms with Crippen LogP contribution in [0.2, 0.25) is 0 Å². The van der Waals surface area contributed by atoms with E-state index in [1.165, 1.54) is 0 Å². The summed E-state index contributed by atoms with van der Waals surface area (Å²) in [7, 11) is 0. The molecule has 2 heterocycles. The average Bonchev–Trinajstić information content (AvgIpc) is 2.53. The lowest BCUT2D eigenvalue weighted by atomic mass is 9.98. The van der Waals surface area contributed by atoms with Crippen molar-refractivity contribution in [1.82, 2.24) is 9.88 Å². The van der Waals surface area contributed by atoms with Crippen LogP contribution in [0.15, 0.2) is 36.5 Å². The second-order valence-electron chi connectivity index (χ2n) is 5.10. The summed E-state index contributed by atoms with van der Waals surface area (Å²) in [5.41, 5.74) is 1.50. The fraction of sp³-hybridized carbons (Fsp3) is 0.312. The number of hydrogen-bond donors (Lipinski definition) is 0. The van der Waals surface area contributed by atoms with Crippen LogP contribution >= 0.6 is 0 Å². The summed E-state index contributed by atoms with van der Waals surface area (Å²) >= 11 is 0. The number of carbonyl (C=O) groups excluding carboxylic acids is 1. The molecular weight excluding hydrogens is 250 g/mol. The van der Waals surface area contributed by atoms with Crippen LogP contribution in [0.4, 0.5) is 0 Å². The number of likely N-dealkylation sites (tertiary alicyclic amines) is 1. The maximum Gasteiger partial charge on any atom is 0.254 e. The fourth-order valence-corrected chi connectivity index (χ4v) is 2.72. The Morgan fingerprint density at radius 1 is 1.35 bits per heavy atom. The summed E-state index contributed by atoms with van der Waals surface area (Å²) < 4.78 is 0. The molecule has 3 rings (SSSR count). The zero-order valence-electron chi connectivity index (χ0n) is 11.1. The van der Waals surface area contributed by atoms with Gasteiger partial charge in [-0.1, -0.05) is 18.2 Å². The van der Waals surface area contributed by atoms with Crippen LogP contribution in [0.3, 0.4) is 0 Å². The number of hydrogen-bond acceptors (Lipinski definition) is 3. The Labute approximate surface area is 117 Å². The normalized spacial score (nSPS) is 18.8. The van der Waals surface area contributed by atoms with E-state index in [4.69, 9.17) is 5.26 Å². The summed E-state index contributed by atoms with van der Waals surface area (Å²) in [6.07, 6.45) is 3.45. The second kappa shape index (κ2) is 5.30. The Morgan fingerprint density at radius 2 is 2.20 bits per heavy atom. The van der Waals surface area contributed by atoms with Crippen molar-refractivity contribution < 1.29 is 4.79 Å². The molecule has 0 N–H and O–H groups in total. The van der Waals surface area contributed by atoms with E-state index >= 15 is 0 Å². The zero-order chi connectivity index (χ0) is 13.9. The van der Waals surface area contributed by atoms with Gasteiger partial charge in [0.1, 0.15) is 0 Å². The van der Waals surface area contributed by atoms with Gasteiger partial charge < -0.3 is 4.90 Å². The molecule has 1 fully saturated rings. The topological polar surface area (TPSA) is 57.0 Å². The molecule has 0 spiro atoms. The van der Waals surface area contributed by atoms with Crippen LogP contribution in [-0.2, 0) is 0 Å². The maximum absolute atomic E-state index is 12.7. The quantitative estimate of drug-likeness (QED) is 0.796. The molecule has 1 saturated heterocycles. The lowest BCUT2D eigenvalue weighted by molar-refractivity contribution is 0.0700. The first kappa shape index (κ1) is 12.6. The Hall–Kier alpha value is -2.41. The van der Waals surface area contributed by atoms with E-state index in [0.717, 1.165) is 30.3 Å². The number of nitriles is 1. The third-order valence-electron chi connectivity index (χ3n) is 3.77. The SMILES string of the molecule is N#CC1CCCN(C(=O)c2ccnc3ccccc23)C1. The minimum atomic E-state index is -0.0409. The van der Waals surface area contributed by atoms with E-state index in [-0.39, 0.29) is 11.8 Å². The van der Waals surface area contributed by atoms with Crippen LogP contribution in [-0.4, -0.2) is 28.9 Å². The number of aromatic nitrogens is 1. The zero-order valence-corrected chi connectivity index (χ0v) is 11.1. The van der Waals surface area contributed by atoms with Crippen LogP contribution in [0.5, 0.6) is 0 Å². The molecule has 1 aromatic carbocycles. The number of amides is 1. The maximum atomic E-state index is 12.7. The minimum absolute atomic E-state index is 0.00329. The largest absolute Gasteiger partial charge is 0.337 e. The summed E-state index contributed by atoms with van der Waals surface area (Å²) in [4.78, 5) is 18.7. The van der Waals surface area contributed by atoms with Gasteiger partial charge in [-0.25, -0.2) is 0 Å². The molecule has 4 heteroatoms. The number of carbonyl (C=O) groups is 1. The third-order valence-corrected chi connectivity index (χ3v) is 3.77. The number of para-hydroxylation sites is 1. The van der Waals surface area contributed by atoms with Crippen molar-refractivity contribution in [2.75, 3.05) is 13.1 Å². The first-order chi connectivity index (χ1) is 9.79. The molecule has 0 bridgehead atoms. The number of fused-ring (bicyclic) bond motifs is 1.